The van der Waals surface area contributed by atoms with Gasteiger partial charge in [-0.1, -0.05) is 36.5 Å². The number of nitrogens with two attached hydrogens (primary N) is 1. The molecule has 0 radical (unpaired) electrons. The number of pyridine rings is 1. The maximum atomic E-state index is 13.3. The predicted octanol–water partition coefficient (Wildman–Crippen LogP) is 3.85. The smallest absolute Gasteiger partial charge is 0.258 e. The number of fused-ring (bicyclic) bond motifs is 1. The molecule has 31 heavy (non-hydrogen) atoms. The first-order valence-corrected chi connectivity index (χ1v) is 11.2. The van der Waals surface area contributed by atoms with E-state index >= 15 is 0 Å². The first-order valence-electron chi connectivity index (χ1n) is 10.5. The summed E-state index contributed by atoms with van der Waals surface area (Å²) in [5.41, 5.74) is 6.23. The van der Waals surface area contributed by atoms with Gasteiger partial charge in [0.25, 0.3) is 5.56 Å². The summed E-state index contributed by atoms with van der Waals surface area (Å²) in [4.78, 5) is 27.6. The standard InChI is InChI=1S/C22H26Cl2N4O3/c1-2-3-9-31-21-15-10-17(23)18(24)11-16(15)22(30)28(19(21)13-26)8-6-20(29)27-7-4-5-14(27)12-25/h10-11,14H,2-9,13,26H2,1H3/t14-/m0/s1. The number of nitriles is 1. The number of carbonyl (C=O) groups is 1. The molecule has 7 nitrogen and oxygen atoms in total. The molecule has 0 spiro atoms. The Morgan fingerprint density at radius 1 is 1.32 bits per heavy atom. The van der Waals surface area contributed by atoms with Crippen LogP contribution in [0.5, 0.6) is 5.75 Å². The summed E-state index contributed by atoms with van der Waals surface area (Å²) in [6.45, 7) is 3.28. The Morgan fingerprint density at radius 2 is 2.03 bits per heavy atom. The third-order valence-electron chi connectivity index (χ3n) is 5.58. The maximum absolute atomic E-state index is 13.3. The van der Waals surface area contributed by atoms with Crippen molar-refractivity contribution in [3.8, 4) is 11.8 Å². The Balaban J connectivity index is 2.02. The van der Waals surface area contributed by atoms with Crippen LogP contribution in [0.3, 0.4) is 0 Å². The third kappa shape index (κ3) is 4.82. The minimum absolute atomic E-state index is 0.0611. The fourth-order valence-corrected chi connectivity index (χ4v) is 4.25. The van der Waals surface area contributed by atoms with Gasteiger partial charge in [-0.2, -0.15) is 5.26 Å². The van der Waals surface area contributed by atoms with Gasteiger partial charge in [0.05, 0.1) is 33.8 Å². The largest absolute Gasteiger partial charge is 0.491 e. The van der Waals surface area contributed by atoms with Crippen LogP contribution in [-0.4, -0.2) is 34.6 Å². The van der Waals surface area contributed by atoms with E-state index in [0.29, 0.717) is 46.8 Å². The summed E-state index contributed by atoms with van der Waals surface area (Å²) < 4.78 is 7.52. The van der Waals surface area contributed by atoms with E-state index in [4.69, 9.17) is 33.7 Å². The van der Waals surface area contributed by atoms with Gasteiger partial charge in [-0.3, -0.25) is 9.59 Å². The highest BCUT2D eigenvalue weighted by atomic mass is 35.5. The number of likely N-dealkylation sites (tertiary alicyclic amines) is 1. The van der Waals surface area contributed by atoms with Crippen LogP contribution in [0.4, 0.5) is 0 Å². The number of rotatable bonds is 8. The Labute approximate surface area is 191 Å². The molecule has 1 aromatic heterocycles. The number of carbonyl (C=O) groups excluding carboxylic acids is 1. The lowest BCUT2D eigenvalue weighted by Gasteiger charge is -2.22. The van der Waals surface area contributed by atoms with Crippen molar-refractivity contribution >= 4 is 39.9 Å². The lowest BCUT2D eigenvalue weighted by Crippen LogP contribution is -2.36. The van der Waals surface area contributed by atoms with Gasteiger partial charge < -0.3 is 19.9 Å². The van der Waals surface area contributed by atoms with Gasteiger partial charge in [-0.25, -0.2) is 0 Å². The molecule has 0 bridgehead atoms. The number of aromatic nitrogens is 1. The lowest BCUT2D eigenvalue weighted by molar-refractivity contribution is -0.131. The average Bonchev–Trinajstić information content (AvgIpc) is 3.24. The van der Waals surface area contributed by atoms with Gasteiger partial charge in [0.1, 0.15) is 11.8 Å². The van der Waals surface area contributed by atoms with Crippen LogP contribution in [0.15, 0.2) is 16.9 Å². The van der Waals surface area contributed by atoms with Crippen molar-refractivity contribution in [3.05, 3.63) is 38.2 Å². The molecule has 1 fully saturated rings. The van der Waals surface area contributed by atoms with Gasteiger partial charge in [-0.15, -0.1) is 0 Å². The minimum Gasteiger partial charge on any atom is -0.491 e. The van der Waals surface area contributed by atoms with Gasteiger partial charge >= 0.3 is 0 Å². The second kappa shape index (κ2) is 10.4. The first-order chi connectivity index (χ1) is 14.9. The molecule has 2 aromatic rings. The molecule has 2 heterocycles. The van der Waals surface area contributed by atoms with Gasteiger partial charge in [0.2, 0.25) is 5.91 Å². The fourth-order valence-electron chi connectivity index (χ4n) is 3.93. The Morgan fingerprint density at radius 3 is 2.68 bits per heavy atom. The normalized spacial score (nSPS) is 16.0. The van der Waals surface area contributed by atoms with Crippen molar-refractivity contribution in [2.75, 3.05) is 13.2 Å². The zero-order chi connectivity index (χ0) is 22.5. The van der Waals surface area contributed by atoms with Crippen LogP contribution in [0.2, 0.25) is 10.0 Å². The SMILES string of the molecule is CCCCOc1c(CN)n(CCC(=O)N2CCC[C@H]2C#N)c(=O)c2cc(Cl)c(Cl)cc12. The summed E-state index contributed by atoms with van der Waals surface area (Å²) >= 11 is 12.4. The van der Waals surface area contributed by atoms with Crippen molar-refractivity contribution in [1.82, 2.24) is 9.47 Å². The molecule has 0 saturated carbocycles. The lowest BCUT2D eigenvalue weighted by atomic mass is 10.1. The first kappa shape index (κ1) is 23.4. The second-order valence-electron chi connectivity index (χ2n) is 7.57. The third-order valence-corrected chi connectivity index (χ3v) is 6.30. The minimum atomic E-state index is -0.399. The number of nitrogens with zero attached hydrogens (tertiary/aromatic N) is 3. The zero-order valence-electron chi connectivity index (χ0n) is 17.5. The van der Waals surface area contributed by atoms with Crippen LogP contribution >= 0.6 is 23.2 Å². The molecule has 1 atom stereocenters. The number of benzene rings is 1. The molecular weight excluding hydrogens is 439 g/mol. The van der Waals surface area contributed by atoms with Crippen molar-refractivity contribution in [3.63, 3.8) is 0 Å². The van der Waals surface area contributed by atoms with E-state index in [0.717, 1.165) is 19.3 Å². The van der Waals surface area contributed by atoms with Crippen LogP contribution in [-0.2, 0) is 17.9 Å². The summed E-state index contributed by atoms with van der Waals surface area (Å²) in [5, 5.41) is 10.8. The van der Waals surface area contributed by atoms with E-state index in [1.807, 2.05) is 0 Å². The molecule has 1 aliphatic rings. The zero-order valence-corrected chi connectivity index (χ0v) is 19.0. The molecular formula is C22H26Cl2N4O3. The highest BCUT2D eigenvalue weighted by Crippen LogP contribution is 2.34. The summed E-state index contributed by atoms with van der Waals surface area (Å²) in [6.07, 6.45) is 3.37. The van der Waals surface area contributed by atoms with Gasteiger partial charge in [0.15, 0.2) is 0 Å². The summed E-state index contributed by atoms with van der Waals surface area (Å²) in [6, 6.07) is 4.92. The van der Waals surface area contributed by atoms with Crippen molar-refractivity contribution in [2.24, 2.45) is 5.73 Å². The summed E-state index contributed by atoms with van der Waals surface area (Å²) in [7, 11) is 0. The van der Waals surface area contributed by atoms with E-state index in [1.165, 1.54) is 10.6 Å². The van der Waals surface area contributed by atoms with Crippen LogP contribution in [0, 0.1) is 11.3 Å². The molecule has 0 unspecified atom stereocenters. The highest BCUT2D eigenvalue weighted by molar-refractivity contribution is 6.42. The van der Waals surface area contributed by atoms with Crippen molar-refractivity contribution < 1.29 is 9.53 Å². The number of hydrogen-bond acceptors (Lipinski definition) is 5. The van der Waals surface area contributed by atoms with Crippen molar-refractivity contribution in [2.45, 2.75) is 58.2 Å². The Hall–Kier alpha value is -2.27. The molecule has 166 valence electrons. The topological polar surface area (TPSA) is 101 Å². The molecule has 1 saturated heterocycles. The van der Waals surface area contributed by atoms with E-state index in [9.17, 15) is 14.9 Å². The average molecular weight is 465 g/mol. The number of hydrogen-bond donors (Lipinski definition) is 1. The number of unbranched alkanes of at least 4 members (excludes halogenated alkanes) is 1. The van der Waals surface area contributed by atoms with E-state index in [2.05, 4.69) is 13.0 Å². The fraction of sp³-hybridized carbons (Fsp3) is 0.500. The Bertz CT molecular complexity index is 1080. The molecule has 2 N–H and O–H groups in total. The number of amides is 1. The monoisotopic (exact) mass is 464 g/mol. The van der Waals surface area contributed by atoms with Crippen LogP contribution in [0.25, 0.3) is 10.8 Å². The van der Waals surface area contributed by atoms with Crippen molar-refractivity contribution in [1.29, 1.82) is 5.26 Å². The van der Waals surface area contributed by atoms with Gasteiger partial charge in [-0.05, 0) is 31.4 Å². The molecule has 1 amide bonds. The second-order valence-corrected chi connectivity index (χ2v) is 8.39. The van der Waals surface area contributed by atoms with Crippen LogP contribution in [0.1, 0.15) is 44.7 Å². The number of ether oxygens (including phenoxy) is 1. The van der Waals surface area contributed by atoms with E-state index in [-0.39, 0.29) is 36.0 Å². The highest BCUT2D eigenvalue weighted by Gasteiger charge is 2.28. The number of halogens is 2. The van der Waals surface area contributed by atoms with Crippen LogP contribution < -0.4 is 16.0 Å². The maximum Gasteiger partial charge on any atom is 0.258 e. The molecule has 9 heteroatoms. The van der Waals surface area contributed by atoms with E-state index < -0.39 is 6.04 Å². The molecule has 0 aliphatic carbocycles. The quantitative estimate of drug-likeness (QED) is 0.597. The van der Waals surface area contributed by atoms with Gasteiger partial charge in [0, 0.05) is 31.4 Å². The summed E-state index contributed by atoms with van der Waals surface area (Å²) in [5.74, 6) is 0.342. The molecule has 3 rings (SSSR count). The van der Waals surface area contributed by atoms with E-state index in [1.54, 1.807) is 11.0 Å². The molecule has 1 aromatic carbocycles. The predicted molar refractivity (Wildman–Crippen MR) is 121 cm³/mol. The molecule has 1 aliphatic heterocycles. The Kier molecular flexibility index (Phi) is 7.82.